The second-order valence-corrected chi connectivity index (χ2v) is 3.19. The lowest BCUT2D eigenvalue weighted by Gasteiger charge is -2.10. The van der Waals surface area contributed by atoms with E-state index in [1.165, 1.54) is 0 Å². The Morgan fingerprint density at radius 2 is 2.50 bits per heavy atom. The molecule has 14 heavy (non-hydrogen) atoms. The average molecular weight is 197 g/mol. The summed E-state index contributed by atoms with van der Waals surface area (Å²) in [7, 11) is 0. The normalized spacial score (nSPS) is 12.7. The zero-order chi connectivity index (χ0) is 10.6. The molecule has 1 aromatic heterocycles. The van der Waals surface area contributed by atoms with Gasteiger partial charge in [0.1, 0.15) is 11.9 Å². The van der Waals surface area contributed by atoms with Crippen molar-refractivity contribution in [1.82, 2.24) is 9.55 Å². The highest BCUT2D eigenvalue weighted by Gasteiger charge is 2.13. The maximum absolute atomic E-state index is 10.5. The Balaban J connectivity index is 2.66. The smallest absolute Gasteiger partial charge is 0.322 e. The summed E-state index contributed by atoms with van der Waals surface area (Å²) < 4.78 is 1.79. The SMILES string of the molecule is CCCc1nccn1CC(N)C(=O)O. The van der Waals surface area contributed by atoms with Crippen LogP contribution in [0.5, 0.6) is 0 Å². The van der Waals surface area contributed by atoms with E-state index in [9.17, 15) is 4.79 Å². The molecule has 0 amide bonds. The minimum Gasteiger partial charge on any atom is -0.480 e. The van der Waals surface area contributed by atoms with Gasteiger partial charge in [-0.25, -0.2) is 4.98 Å². The third-order valence-electron chi connectivity index (χ3n) is 1.99. The zero-order valence-electron chi connectivity index (χ0n) is 8.18. The second-order valence-electron chi connectivity index (χ2n) is 3.19. The molecule has 0 spiro atoms. The molecule has 1 heterocycles. The third-order valence-corrected chi connectivity index (χ3v) is 1.99. The van der Waals surface area contributed by atoms with Crippen molar-refractivity contribution in [2.24, 2.45) is 5.73 Å². The molecule has 1 atom stereocenters. The molecule has 0 aliphatic rings. The van der Waals surface area contributed by atoms with Crippen LogP contribution in [0.25, 0.3) is 0 Å². The molecule has 5 heteroatoms. The summed E-state index contributed by atoms with van der Waals surface area (Å²) in [6.45, 7) is 2.33. The minimum absolute atomic E-state index is 0.282. The van der Waals surface area contributed by atoms with Crippen molar-refractivity contribution in [3.05, 3.63) is 18.2 Å². The molecule has 0 fully saturated rings. The van der Waals surface area contributed by atoms with Gasteiger partial charge in [-0.1, -0.05) is 6.92 Å². The largest absolute Gasteiger partial charge is 0.480 e. The lowest BCUT2D eigenvalue weighted by molar-refractivity contribution is -0.138. The molecule has 0 bridgehead atoms. The number of carboxylic acids is 1. The van der Waals surface area contributed by atoms with Gasteiger partial charge in [0.15, 0.2) is 0 Å². The van der Waals surface area contributed by atoms with Crippen molar-refractivity contribution in [3.63, 3.8) is 0 Å². The number of nitrogens with zero attached hydrogens (tertiary/aromatic N) is 2. The van der Waals surface area contributed by atoms with Crippen LogP contribution < -0.4 is 5.73 Å². The standard InChI is InChI=1S/C9H15N3O2/c1-2-3-8-11-4-5-12(8)6-7(10)9(13)14/h4-5,7H,2-3,6,10H2,1H3,(H,13,14). The van der Waals surface area contributed by atoms with Gasteiger partial charge in [-0.2, -0.15) is 0 Å². The molecule has 78 valence electrons. The van der Waals surface area contributed by atoms with Gasteiger partial charge in [0, 0.05) is 25.4 Å². The first-order valence-electron chi connectivity index (χ1n) is 4.63. The van der Waals surface area contributed by atoms with Gasteiger partial charge >= 0.3 is 5.97 Å². The summed E-state index contributed by atoms with van der Waals surface area (Å²) in [6.07, 6.45) is 5.26. The predicted octanol–water partition coefficient (Wildman–Crippen LogP) is 0.248. The molecular formula is C9H15N3O2. The number of nitrogens with two attached hydrogens (primary N) is 1. The van der Waals surface area contributed by atoms with Crippen LogP contribution in [0, 0.1) is 0 Å². The molecule has 0 saturated heterocycles. The zero-order valence-corrected chi connectivity index (χ0v) is 8.18. The Morgan fingerprint density at radius 3 is 3.07 bits per heavy atom. The van der Waals surface area contributed by atoms with Crippen molar-refractivity contribution < 1.29 is 9.90 Å². The van der Waals surface area contributed by atoms with Gasteiger partial charge in [0.05, 0.1) is 0 Å². The van der Waals surface area contributed by atoms with Crippen LogP contribution in [0.3, 0.4) is 0 Å². The number of aromatic nitrogens is 2. The van der Waals surface area contributed by atoms with E-state index in [0.717, 1.165) is 18.7 Å². The fourth-order valence-corrected chi connectivity index (χ4v) is 1.25. The number of aliphatic carboxylic acids is 1. The average Bonchev–Trinajstić information content (AvgIpc) is 2.53. The summed E-state index contributed by atoms with van der Waals surface area (Å²) in [5, 5.41) is 8.64. The molecule has 0 saturated carbocycles. The van der Waals surface area contributed by atoms with Gasteiger partial charge < -0.3 is 15.4 Å². The Hall–Kier alpha value is -1.36. The number of hydrogen-bond acceptors (Lipinski definition) is 3. The lowest BCUT2D eigenvalue weighted by Crippen LogP contribution is -2.34. The van der Waals surface area contributed by atoms with Crippen molar-refractivity contribution in [1.29, 1.82) is 0 Å². The van der Waals surface area contributed by atoms with Crippen molar-refractivity contribution in [2.45, 2.75) is 32.4 Å². The van der Waals surface area contributed by atoms with Crippen LogP contribution in [-0.2, 0) is 17.8 Å². The first-order chi connectivity index (χ1) is 6.65. The summed E-state index contributed by atoms with van der Waals surface area (Å²) in [6, 6.07) is -0.861. The van der Waals surface area contributed by atoms with Crippen molar-refractivity contribution in [2.75, 3.05) is 0 Å². The molecule has 0 aliphatic carbocycles. The Bertz CT molecular complexity index is 309. The van der Waals surface area contributed by atoms with Gasteiger partial charge in [-0.3, -0.25) is 4.79 Å². The summed E-state index contributed by atoms with van der Waals surface area (Å²) in [4.78, 5) is 14.7. The molecule has 1 rings (SSSR count). The van der Waals surface area contributed by atoms with Crippen molar-refractivity contribution >= 4 is 5.97 Å². The Labute approximate surface area is 82.6 Å². The highest BCUT2D eigenvalue weighted by atomic mass is 16.4. The first-order valence-corrected chi connectivity index (χ1v) is 4.63. The number of carboxylic acid groups (broad SMARTS) is 1. The van der Waals surface area contributed by atoms with Crippen LogP contribution in [0.4, 0.5) is 0 Å². The van der Waals surface area contributed by atoms with Gasteiger partial charge in [0.25, 0.3) is 0 Å². The monoisotopic (exact) mass is 197 g/mol. The summed E-state index contributed by atoms with van der Waals surface area (Å²) in [5.74, 6) is -0.0923. The van der Waals surface area contributed by atoms with E-state index >= 15 is 0 Å². The fraction of sp³-hybridized carbons (Fsp3) is 0.556. The molecule has 1 unspecified atom stereocenters. The summed E-state index contributed by atoms with van der Waals surface area (Å²) in [5.41, 5.74) is 5.42. The quantitative estimate of drug-likeness (QED) is 0.708. The van der Waals surface area contributed by atoms with Crippen molar-refractivity contribution in [3.8, 4) is 0 Å². The number of carbonyl (C=O) groups is 1. The van der Waals surface area contributed by atoms with Gasteiger partial charge in [-0.15, -0.1) is 0 Å². The molecular weight excluding hydrogens is 182 g/mol. The molecule has 3 N–H and O–H groups in total. The van der Waals surface area contributed by atoms with E-state index in [2.05, 4.69) is 11.9 Å². The van der Waals surface area contributed by atoms with Gasteiger partial charge in [-0.05, 0) is 6.42 Å². The Morgan fingerprint density at radius 1 is 1.79 bits per heavy atom. The van der Waals surface area contributed by atoms with E-state index in [0.29, 0.717) is 0 Å². The molecule has 0 aliphatic heterocycles. The molecule has 0 aromatic carbocycles. The second kappa shape index (κ2) is 4.76. The van der Waals surface area contributed by atoms with E-state index < -0.39 is 12.0 Å². The number of imidazole rings is 1. The van der Waals surface area contributed by atoms with E-state index in [4.69, 9.17) is 10.8 Å². The number of rotatable bonds is 5. The summed E-state index contributed by atoms with van der Waals surface area (Å²) >= 11 is 0. The molecule has 0 radical (unpaired) electrons. The number of hydrogen-bond donors (Lipinski definition) is 2. The lowest BCUT2D eigenvalue weighted by atomic mass is 10.3. The maximum Gasteiger partial charge on any atom is 0.322 e. The van der Waals surface area contributed by atoms with Crippen LogP contribution >= 0.6 is 0 Å². The van der Waals surface area contributed by atoms with Crippen LogP contribution in [-0.4, -0.2) is 26.7 Å². The molecule has 1 aromatic rings. The maximum atomic E-state index is 10.5. The minimum atomic E-state index is -0.985. The van der Waals surface area contributed by atoms with Crippen LogP contribution in [0.15, 0.2) is 12.4 Å². The first kappa shape index (κ1) is 10.7. The number of aryl methyl sites for hydroxylation is 1. The van der Waals surface area contributed by atoms with Gasteiger partial charge in [0.2, 0.25) is 0 Å². The topological polar surface area (TPSA) is 81.1 Å². The highest BCUT2D eigenvalue weighted by Crippen LogP contribution is 2.02. The predicted molar refractivity (Wildman–Crippen MR) is 51.8 cm³/mol. The highest BCUT2D eigenvalue weighted by molar-refractivity contribution is 5.72. The fourth-order valence-electron chi connectivity index (χ4n) is 1.25. The third kappa shape index (κ3) is 2.56. The van der Waals surface area contributed by atoms with E-state index in [-0.39, 0.29) is 6.54 Å². The van der Waals surface area contributed by atoms with Crippen LogP contribution in [0.2, 0.25) is 0 Å². The van der Waals surface area contributed by atoms with E-state index in [1.807, 2.05) is 0 Å². The molecule has 5 nitrogen and oxygen atoms in total. The van der Waals surface area contributed by atoms with Crippen LogP contribution in [0.1, 0.15) is 19.2 Å². The van der Waals surface area contributed by atoms with E-state index in [1.54, 1.807) is 17.0 Å². The Kier molecular flexibility index (Phi) is 3.64.